The van der Waals surface area contributed by atoms with Crippen molar-refractivity contribution in [2.24, 2.45) is 4.99 Å². The third-order valence-electron chi connectivity index (χ3n) is 4.81. The largest absolute Gasteiger partial charge is 0.476 e. The van der Waals surface area contributed by atoms with Crippen molar-refractivity contribution in [2.75, 3.05) is 6.61 Å². The van der Waals surface area contributed by atoms with Gasteiger partial charge in [0.2, 0.25) is 11.5 Å². The molecule has 0 radical (unpaired) electrons. The summed E-state index contributed by atoms with van der Waals surface area (Å²) in [5, 5.41) is 22.5. The second-order valence-corrected chi connectivity index (χ2v) is 7.37. The Bertz CT molecular complexity index is 1000. The van der Waals surface area contributed by atoms with E-state index in [0.717, 1.165) is 0 Å². The van der Waals surface area contributed by atoms with Crippen LogP contribution in [0.15, 0.2) is 53.5 Å². The van der Waals surface area contributed by atoms with Crippen molar-refractivity contribution in [3.63, 3.8) is 0 Å². The number of benzene rings is 2. The summed E-state index contributed by atoms with van der Waals surface area (Å²) < 4.78 is 11.8. The molecule has 0 amide bonds. The summed E-state index contributed by atoms with van der Waals surface area (Å²) in [5.74, 6) is 0.287. The summed E-state index contributed by atoms with van der Waals surface area (Å²) in [7, 11) is 0. The van der Waals surface area contributed by atoms with Crippen LogP contribution < -0.4 is 0 Å². The third-order valence-corrected chi connectivity index (χ3v) is 4.81. The monoisotopic (exact) mass is 383 g/mol. The van der Waals surface area contributed by atoms with Crippen molar-refractivity contribution in [3.05, 3.63) is 79.9 Å². The van der Waals surface area contributed by atoms with Gasteiger partial charge in [0, 0.05) is 18.2 Å². The first-order valence-corrected chi connectivity index (χ1v) is 8.64. The highest BCUT2D eigenvalue weighted by Gasteiger charge is 2.67. The Balaban J connectivity index is 1.82. The van der Waals surface area contributed by atoms with E-state index in [-0.39, 0.29) is 17.3 Å². The highest BCUT2D eigenvalue weighted by atomic mass is 16.6. The van der Waals surface area contributed by atoms with E-state index in [2.05, 4.69) is 4.99 Å². The first-order chi connectivity index (χ1) is 13.2. The van der Waals surface area contributed by atoms with Gasteiger partial charge in [-0.15, -0.1) is 0 Å². The van der Waals surface area contributed by atoms with E-state index in [1.165, 1.54) is 18.2 Å². The molecule has 2 aromatic rings. The highest BCUT2D eigenvalue weighted by Crippen LogP contribution is 2.61. The zero-order valence-corrected chi connectivity index (χ0v) is 15.2. The molecule has 9 nitrogen and oxygen atoms in total. The lowest BCUT2D eigenvalue weighted by Gasteiger charge is -2.13. The van der Waals surface area contributed by atoms with E-state index in [1.807, 2.05) is 13.8 Å². The third kappa shape index (κ3) is 2.80. The average Bonchev–Trinajstić information content (AvgIpc) is 3.32. The van der Waals surface area contributed by atoms with E-state index < -0.39 is 27.1 Å². The molecule has 0 bridgehead atoms. The Labute approximate surface area is 159 Å². The molecule has 0 aromatic heterocycles. The van der Waals surface area contributed by atoms with Gasteiger partial charge < -0.3 is 9.47 Å². The minimum atomic E-state index is -1.23. The highest BCUT2D eigenvalue weighted by molar-refractivity contribution is 5.93. The van der Waals surface area contributed by atoms with Crippen molar-refractivity contribution in [1.82, 2.24) is 0 Å². The standard InChI is InChI=1S/C19H17N3O6/c1-18(2)11-27-17(20-18)19(14-5-3-4-6-15(14)22(25)26)16(28-19)12-7-9-13(10-8-12)21(23)24/h3-10,16H,11H2,1-2H3/t16-,19+/m0/s1. The molecule has 2 aromatic carbocycles. The predicted octanol–water partition coefficient (Wildman–Crippen LogP) is 3.68. The number of ether oxygens (including phenoxy) is 2. The summed E-state index contributed by atoms with van der Waals surface area (Å²) in [6.45, 7) is 4.13. The lowest BCUT2D eigenvalue weighted by molar-refractivity contribution is -0.385. The fourth-order valence-corrected chi connectivity index (χ4v) is 3.43. The van der Waals surface area contributed by atoms with E-state index in [4.69, 9.17) is 9.47 Å². The van der Waals surface area contributed by atoms with Gasteiger partial charge in [0.05, 0.1) is 20.9 Å². The number of para-hydroxylation sites is 1. The van der Waals surface area contributed by atoms with Crippen LogP contribution in [0.2, 0.25) is 0 Å². The SMILES string of the molecule is CC1(C)COC([C@]2(c3ccccc3[N+](=O)[O-])O[C@H]2c2ccc([N+](=O)[O-])cc2)=N1. The molecule has 9 heteroatoms. The van der Waals surface area contributed by atoms with Crippen molar-refractivity contribution >= 4 is 17.3 Å². The molecule has 4 rings (SSSR count). The van der Waals surface area contributed by atoms with Crippen molar-refractivity contribution in [2.45, 2.75) is 31.1 Å². The van der Waals surface area contributed by atoms with Gasteiger partial charge in [-0.1, -0.05) is 12.1 Å². The van der Waals surface area contributed by atoms with E-state index in [1.54, 1.807) is 30.3 Å². The van der Waals surface area contributed by atoms with Crippen LogP contribution in [-0.4, -0.2) is 27.9 Å². The van der Waals surface area contributed by atoms with Gasteiger partial charge in [0.25, 0.3) is 11.4 Å². The van der Waals surface area contributed by atoms with Crippen LogP contribution in [0, 0.1) is 20.2 Å². The van der Waals surface area contributed by atoms with Gasteiger partial charge in [0.15, 0.2) is 0 Å². The van der Waals surface area contributed by atoms with E-state index >= 15 is 0 Å². The normalized spacial score (nSPS) is 24.9. The van der Waals surface area contributed by atoms with Crippen LogP contribution in [-0.2, 0) is 15.1 Å². The molecule has 1 saturated heterocycles. The second kappa shape index (κ2) is 6.10. The maximum absolute atomic E-state index is 11.6. The van der Waals surface area contributed by atoms with Gasteiger partial charge in [-0.25, -0.2) is 4.99 Å². The lowest BCUT2D eigenvalue weighted by atomic mass is 9.90. The Kier molecular flexibility index (Phi) is 3.93. The number of hydrogen-bond donors (Lipinski definition) is 0. The van der Waals surface area contributed by atoms with Crippen molar-refractivity contribution < 1.29 is 19.3 Å². The molecule has 144 valence electrons. The Morgan fingerprint density at radius 3 is 2.29 bits per heavy atom. The number of rotatable bonds is 5. The number of epoxide rings is 1. The minimum absolute atomic E-state index is 0.0451. The molecule has 0 unspecified atom stereocenters. The van der Waals surface area contributed by atoms with Gasteiger partial charge in [-0.3, -0.25) is 20.2 Å². The Hall–Kier alpha value is -3.33. The molecular weight excluding hydrogens is 366 g/mol. The summed E-state index contributed by atoms with van der Waals surface area (Å²) in [4.78, 5) is 26.1. The minimum Gasteiger partial charge on any atom is -0.476 e. The average molecular weight is 383 g/mol. The molecule has 0 N–H and O–H groups in total. The summed E-state index contributed by atoms with van der Waals surface area (Å²) >= 11 is 0. The first-order valence-electron chi connectivity index (χ1n) is 8.64. The second-order valence-electron chi connectivity index (χ2n) is 7.37. The van der Waals surface area contributed by atoms with Crippen LogP contribution in [0.5, 0.6) is 0 Å². The Morgan fingerprint density at radius 1 is 1.04 bits per heavy atom. The van der Waals surface area contributed by atoms with Crippen molar-refractivity contribution in [1.29, 1.82) is 0 Å². The van der Waals surface area contributed by atoms with Crippen LogP contribution >= 0.6 is 0 Å². The molecule has 2 heterocycles. The van der Waals surface area contributed by atoms with Gasteiger partial charge in [-0.2, -0.15) is 0 Å². The quantitative estimate of drug-likeness (QED) is 0.441. The summed E-state index contributed by atoms with van der Waals surface area (Å²) in [6.07, 6.45) is -0.595. The Morgan fingerprint density at radius 2 is 1.71 bits per heavy atom. The molecule has 0 aliphatic carbocycles. The summed E-state index contributed by atoms with van der Waals surface area (Å²) in [5.41, 5.74) is -0.843. The molecule has 28 heavy (non-hydrogen) atoms. The van der Waals surface area contributed by atoms with Crippen molar-refractivity contribution in [3.8, 4) is 0 Å². The fourth-order valence-electron chi connectivity index (χ4n) is 3.43. The number of nitro groups is 2. The number of non-ortho nitro benzene ring substituents is 1. The molecule has 2 aliphatic rings. The van der Waals surface area contributed by atoms with Gasteiger partial charge in [-0.05, 0) is 37.6 Å². The van der Waals surface area contributed by atoms with Crippen LogP contribution in [0.3, 0.4) is 0 Å². The summed E-state index contributed by atoms with van der Waals surface area (Å²) in [6, 6.07) is 12.2. The van der Waals surface area contributed by atoms with Crippen LogP contribution in [0.4, 0.5) is 11.4 Å². The molecular formula is C19H17N3O6. The van der Waals surface area contributed by atoms with Gasteiger partial charge >= 0.3 is 0 Å². The molecule has 2 aliphatic heterocycles. The molecule has 0 saturated carbocycles. The molecule has 1 fully saturated rings. The number of aliphatic imine (C=N–C) groups is 1. The fraction of sp³-hybridized carbons (Fsp3) is 0.316. The smallest absolute Gasteiger partial charge is 0.276 e. The lowest BCUT2D eigenvalue weighted by Crippen LogP contribution is -2.25. The van der Waals surface area contributed by atoms with E-state index in [9.17, 15) is 20.2 Å². The van der Waals surface area contributed by atoms with Gasteiger partial charge in [0.1, 0.15) is 12.7 Å². The van der Waals surface area contributed by atoms with Crippen LogP contribution in [0.25, 0.3) is 0 Å². The predicted molar refractivity (Wildman–Crippen MR) is 99.2 cm³/mol. The number of hydrogen-bond acceptors (Lipinski definition) is 7. The number of nitro benzene ring substituents is 2. The first kappa shape index (κ1) is 18.1. The number of nitrogens with zero attached hydrogens (tertiary/aromatic N) is 3. The maximum atomic E-state index is 11.6. The zero-order valence-electron chi connectivity index (χ0n) is 15.2. The van der Waals surface area contributed by atoms with E-state index in [0.29, 0.717) is 17.7 Å². The maximum Gasteiger partial charge on any atom is 0.276 e. The molecule has 2 atom stereocenters. The topological polar surface area (TPSA) is 120 Å². The zero-order chi connectivity index (χ0) is 20.1. The molecule has 0 spiro atoms. The van der Waals surface area contributed by atoms with Crippen LogP contribution in [0.1, 0.15) is 31.1 Å².